The van der Waals surface area contributed by atoms with Crippen molar-refractivity contribution in [2.75, 3.05) is 6.54 Å². The predicted molar refractivity (Wildman–Crippen MR) is 88.9 cm³/mol. The molecule has 2 aromatic rings. The highest BCUT2D eigenvalue weighted by Gasteiger charge is 2.05. The lowest BCUT2D eigenvalue weighted by molar-refractivity contribution is -0.145. The number of unbranched alkanes of at least 4 members (excludes halogenated alkanes) is 1. The number of nitrogens with one attached hydrogen (secondary N) is 1. The van der Waals surface area contributed by atoms with E-state index in [1.54, 1.807) is 12.1 Å². The standard InChI is InChI=1S/C19H21NO3/c21-18(23-15-16-9-3-1-4-10-16)13-7-8-14-20-19(22)17-11-5-2-6-12-17/h1-6,9-12H,7-8,13-15H2,(H,20,22). The smallest absolute Gasteiger partial charge is 0.306 e. The predicted octanol–water partition coefficient (Wildman–Crippen LogP) is 3.33. The fraction of sp³-hybridized carbons (Fsp3) is 0.263. The van der Waals surface area contributed by atoms with Gasteiger partial charge in [0.1, 0.15) is 6.61 Å². The van der Waals surface area contributed by atoms with E-state index in [4.69, 9.17) is 4.74 Å². The summed E-state index contributed by atoms with van der Waals surface area (Å²) in [6.45, 7) is 0.865. The molecule has 4 nitrogen and oxygen atoms in total. The van der Waals surface area contributed by atoms with Gasteiger partial charge in [-0.25, -0.2) is 0 Å². The zero-order valence-electron chi connectivity index (χ0n) is 13.0. The molecule has 23 heavy (non-hydrogen) atoms. The van der Waals surface area contributed by atoms with Gasteiger partial charge in [-0.2, -0.15) is 0 Å². The quantitative estimate of drug-likeness (QED) is 0.601. The van der Waals surface area contributed by atoms with Crippen molar-refractivity contribution in [3.63, 3.8) is 0 Å². The van der Waals surface area contributed by atoms with Crippen molar-refractivity contribution >= 4 is 11.9 Å². The van der Waals surface area contributed by atoms with Gasteiger partial charge in [-0.05, 0) is 30.5 Å². The zero-order valence-corrected chi connectivity index (χ0v) is 13.0. The van der Waals surface area contributed by atoms with Crippen LogP contribution in [-0.4, -0.2) is 18.4 Å². The highest BCUT2D eigenvalue weighted by atomic mass is 16.5. The van der Waals surface area contributed by atoms with Gasteiger partial charge in [-0.3, -0.25) is 9.59 Å². The van der Waals surface area contributed by atoms with E-state index in [1.807, 2.05) is 48.5 Å². The van der Waals surface area contributed by atoms with Crippen molar-refractivity contribution in [2.24, 2.45) is 0 Å². The van der Waals surface area contributed by atoms with Gasteiger partial charge in [0, 0.05) is 18.5 Å². The topological polar surface area (TPSA) is 55.4 Å². The Balaban J connectivity index is 1.55. The Bertz CT molecular complexity index is 611. The number of ether oxygens (including phenoxy) is 1. The maximum absolute atomic E-state index is 11.8. The minimum Gasteiger partial charge on any atom is -0.461 e. The lowest BCUT2D eigenvalue weighted by Crippen LogP contribution is -2.24. The van der Waals surface area contributed by atoms with Crippen molar-refractivity contribution in [2.45, 2.75) is 25.9 Å². The molecule has 0 bridgehead atoms. The van der Waals surface area contributed by atoms with Gasteiger partial charge in [0.05, 0.1) is 0 Å². The van der Waals surface area contributed by atoms with Gasteiger partial charge in [-0.1, -0.05) is 48.5 Å². The molecule has 0 spiro atoms. The molecule has 1 amide bonds. The number of rotatable bonds is 8. The summed E-state index contributed by atoms with van der Waals surface area (Å²) in [6, 6.07) is 18.7. The normalized spacial score (nSPS) is 10.1. The summed E-state index contributed by atoms with van der Waals surface area (Å²) >= 11 is 0. The second-order valence-electron chi connectivity index (χ2n) is 5.23. The molecule has 120 valence electrons. The molecule has 0 aliphatic rings. The van der Waals surface area contributed by atoms with Crippen LogP contribution in [0.2, 0.25) is 0 Å². The molecular weight excluding hydrogens is 290 g/mol. The van der Waals surface area contributed by atoms with Gasteiger partial charge in [-0.15, -0.1) is 0 Å². The summed E-state index contributed by atoms with van der Waals surface area (Å²) in [4.78, 5) is 23.4. The molecule has 0 atom stereocenters. The number of esters is 1. The van der Waals surface area contributed by atoms with E-state index in [1.165, 1.54) is 0 Å². The fourth-order valence-corrected chi connectivity index (χ4v) is 2.10. The van der Waals surface area contributed by atoms with E-state index < -0.39 is 0 Å². The maximum Gasteiger partial charge on any atom is 0.306 e. The number of amides is 1. The Hall–Kier alpha value is -2.62. The maximum atomic E-state index is 11.8. The second-order valence-corrected chi connectivity index (χ2v) is 5.23. The van der Waals surface area contributed by atoms with Crippen molar-refractivity contribution < 1.29 is 14.3 Å². The molecule has 0 aliphatic carbocycles. The van der Waals surface area contributed by atoms with Crippen LogP contribution in [0, 0.1) is 0 Å². The third kappa shape index (κ3) is 6.34. The summed E-state index contributed by atoms with van der Waals surface area (Å²) in [5.74, 6) is -0.291. The molecule has 0 aliphatic heterocycles. The minimum atomic E-state index is -0.205. The molecule has 0 aromatic heterocycles. The molecule has 4 heteroatoms. The van der Waals surface area contributed by atoms with Crippen molar-refractivity contribution in [3.05, 3.63) is 71.8 Å². The lowest BCUT2D eigenvalue weighted by Gasteiger charge is -2.06. The van der Waals surface area contributed by atoms with Crippen LogP contribution in [0.15, 0.2) is 60.7 Å². The number of hydrogen-bond donors (Lipinski definition) is 1. The van der Waals surface area contributed by atoms with Crippen LogP contribution in [0.3, 0.4) is 0 Å². The number of carbonyl (C=O) groups is 2. The van der Waals surface area contributed by atoms with Gasteiger partial charge >= 0.3 is 5.97 Å². The molecular formula is C19H21NO3. The first-order valence-electron chi connectivity index (χ1n) is 7.78. The van der Waals surface area contributed by atoms with Crippen LogP contribution < -0.4 is 5.32 Å². The molecule has 0 saturated carbocycles. The van der Waals surface area contributed by atoms with Crippen LogP contribution >= 0.6 is 0 Å². The first-order chi connectivity index (χ1) is 11.3. The molecule has 1 N–H and O–H groups in total. The van der Waals surface area contributed by atoms with Gasteiger partial charge < -0.3 is 10.1 Å². The molecule has 0 heterocycles. The number of hydrogen-bond acceptors (Lipinski definition) is 3. The summed E-state index contributed by atoms with van der Waals surface area (Å²) < 4.78 is 5.20. The van der Waals surface area contributed by atoms with E-state index in [-0.39, 0.29) is 11.9 Å². The Morgan fingerprint density at radius 3 is 2.22 bits per heavy atom. The van der Waals surface area contributed by atoms with Gasteiger partial charge in [0.15, 0.2) is 0 Å². The molecule has 0 radical (unpaired) electrons. The Labute approximate surface area is 136 Å². The largest absolute Gasteiger partial charge is 0.461 e. The summed E-state index contributed by atoms with van der Waals surface area (Å²) in [6.07, 6.45) is 1.82. The first-order valence-corrected chi connectivity index (χ1v) is 7.78. The highest BCUT2D eigenvalue weighted by Crippen LogP contribution is 2.04. The SMILES string of the molecule is O=C(CCCCNC(=O)c1ccccc1)OCc1ccccc1. The van der Waals surface area contributed by atoms with Crippen molar-refractivity contribution in [1.29, 1.82) is 0 Å². The van der Waals surface area contributed by atoms with Crippen LogP contribution in [0.1, 0.15) is 35.2 Å². The summed E-state index contributed by atoms with van der Waals surface area (Å²) in [7, 11) is 0. The fourth-order valence-electron chi connectivity index (χ4n) is 2.10. The first kappa shape index (κ1) is 16.7. The van der Waals surface area contributed by atoms with E-state index in [9.17, 15) is 9.59 Å². The second kappa shape index (κ2) is 9.41. The van der Waals surface area contributed by atoms with E-state index >= 15 is 0 Å². The molecule has 0 unspecified atom stereocenters. The Morgan fingerprint density at radius 2 is 1.52 bits per heavy atom. The molecule has 0 saturated heterocycles. The van der Waals surface area contributed by atoms with Crippen LogP contribution in [0.5, 0.6) is 0 Å². The summed E-state index contributed by atoms with van der Waals surface area (Å²) in [5, 5.41) is 2.84. The van der Waals surface area contributed by atoms with Gasteiger partial charge in [0.2, 0.25) is 0 Å². The van der Waals surface area contributed by atoms with Crippen molar-refractivity contribution in [1.82, 2.24) is 5.32 Å². The third-order valence-electron chi connectivity index (χ3n) is 3.37. The molecule has 2 rings (SSSR count). The third-order valence-corrected chi connectivity index (χ3v) is 3.37. The lowest BCUT2D eigenvalue weighted by atomic mass is 10.2. The van der Waals surface area contributed by atoms with E-state index in [2.05, 4.69) is 5.32 Å². The number of carbonyl (C=O) groups excluding carboxylic acids is 2. The van der Waals surface area contributed by atoms with E-state index in [0.717, 1.165) is 12.0 Å². The average molecular weight is 311 g/mol. The van der Waals surface area contributed by atoms with E-state index in [0.29, 0.717) is 31.6 Å². The Morgan fingerprint density at radius 1 is 0.870 bits per heavy atom. The highest BCUT2D eigenvalue weighted by molar-refractivity contribution is 5.94. The summed E-state index contributed by atoms with van der Waals surface area (Å²) in [5.41, 5.74) is 1.63. The number of benzene rings is 2. The average Bonchev–Trinajstić information content (AvgIpc) is 2.61. The molecule has 0 fully saturated rings. The molecule has 2 aromatic carbocycles. The zero-order chi connectivity index (χ0) is 16.3. The van der Waals surface area contributed by atoms with Gasteiger partial charge in [0.25, 0.3) is 5.91 Å². The monoisotopic (exact) mass is 311 g/mol. The Kier molecular flexibility index (Phi) is 6.85. The van der Waals surface area contributed by atoms with Crippen molar-refractivity contribution in [3.8, 4) is 0 Å². The van der Waals surface area contributed by atoms with Crippen LogP contribution in [-0.2, 0) is 16.1 Å². The van der Waals surface area contributed by atoms with Crippen LogP contribution in [0.25, 0.3) is 0 Å². The van der Waals surface area contributed by atoms with Crippen LogP contribution in [0.4, 0.5) is 0 Å². The minimum absolute atomic E-state index is 0.0859.